The predicted octanol–water partition coefficient (Wildman–Crippen LogP) is 1.92. The van der Waals surface area contributed by atoms with Crippen molar-refractivity contribution < 1.29 is 9.18 Å². The van der Waals surface area contributed by atoms with E-state index in [2.05, 4.69) is 10.6 Å². The van der Waals surface area contributed by atoms with Crippen molar-refractivity contribution in [3.63, 3.8) is 0 Å². The van der Waals surface area contributed by atoms with Crippen molar-refractivity contribution in [3.05, 3.63) is 46.8 Å². The topological polar surface area (TPSA) is 41.1 Å². The predicted molar refractivity (Wildman–Crippen MR) is 68.5 cm³/mol. The van der Waals surface area contributed by atoms with Crippen LogP contribution in [-0.2, 0) is 4.79 Å². The molecular weight excluding hydrogens is 231 g/mol. The molecule has 1 saturated heterocycles. The summed E-state index contributed by atoms with van der Waals surface area (Å²) >= 11 is 0. The second kappa shape index (κ2) is 5.31. The van der Waals surface area contributed by atoms with E-state index in [9.17, 15) is 9.18 Å². The van der Waals surface area contributed by atoms with Crippen molar-refractivity contribution in [2.24, 2.45) is 0 Å². The smallest absolute Gasteiger partial charge is 0.247 e. The summed E-state index contributed by atoms with van der Waals surface area (Å²) in [5, 5.41) is 6.03. The van der Waals surface area contributed by atoms with Crippen molar-refractivity contribution in [2.75, 3.05) is 13.1 Å². The zero-order valence-corrected chi connectivity index (χ0v) is 10.6. The third-order valence-corrected chi connectivity index (χ3v) is 3.27. The molecule has 1 atom stereocenters. The van der Waals surface area contributed by atoms with Gasteiger partial charge in [-0.05, 0) is 37.1 Å². The number of nitrogens with one attached hydrogen (secondary N) is 2. The summed E-state index contributed by atoms with van der Waals surface area (Å²) < 4.78 is 12.8. The lowest BCUT2D eigenvalue weighted by molar-refractivity contribution is -0.118. The maximum absolute atomic E-state index is 12.8. The number of benzene rings is 1. The van der Waals surface area contributed by atoms with E-state index in [1.807, 2.05) is 13.8 Å². The monoisotopic (exact) mass is 248 g/mol. The number of carbonyl (C=O) groups excluding carboxylic acids is 1. The normalized spacial score (nSPS) is 15.8. The van der Waals surface area contributed by atoms with E-state index in [0.717, 1.165) is 29.8 Å². The third-order valence-electron chi connectivity index (χ3n) is 3.27. The minimum absolute atomic E-state index is 0.0525. The molecule has 0 aromatic heterocycles. The lowest BCUT2D eigenvalue weighted by atomic mass is 10.0. The Morgan fingerprint density at radius 2 is 1.94 bits per heavy atom. The summed E-state index contributed by atoms with van der Waals surface area (Å²) in [5.41, 5.74) is 2.83. The Labute approximate surface area is 106 Å². The van der Waals surface area contributed by atoms with Gasteiger partial charge in [-0.2, -0.15) is 0 Å². The number of carbonyl (C=O) groups is 1. The molecule has 2 rings (SSSR count). The number of halogens is 1. The van der Waals surface area contributed by atoms with E-state index in [4.69, 9.17) is 0 Å². The molecular formula is C14H17FN2O. The van der Waals surface area contributed by atoms with E-state index in [1.165, 1.54) is 12.1 Å². The van der Waals surface area contributed by atoms with Gasteiger partial charge in [0.05, 0.1) is 6.04 Å². The highest BCUT2D eigenvalue weighted by Crippen LogP contribution is 2.15. The van der Waals surface area contributed by atoms with Crippen LogP contribution in [-0.4, -0.2) is 19.0 Å². The van der Waals surface area contributed by atoms with Gasteiger partial charge in [0, 0.05) is 18.7 Å². The molecule has 0 spiro atoms. The minimum atomic E-state index is -0.267. The molecule has 0 radical (unpaired) electrons. The SMILES string of the molecule is CC(C(=O)N[C@H](C)c1ccc(F)cc1)=C1CNC1. The Balaban J connectivity index is 2.01. The third kappa shape index (κ3) is 2.76. The first-order valence-electron chi connectivity index (χ1n) is 6.03. The van der Waals surface area contributed by atoms with E-state index in [0.29, 0.717) is 0 Å². The molecule has 1 aliphatic heterocycles. The molecule has 1 aliphatic rings. The van der Waals surface area contributed by atoms with Crippen molar-refractivity contribution >= 4 is 5.91 Å². The highest BCUT2D eigenvalue weighted by Gasteiger charge is 2.17. The number of hydrogen-bond acceptors (Lipinski definition) is 2. The highest BCUT2D eigenvalue weighted by atomic mass is 19.1. The summed E-state index contributed by atoms with van der Waals surface area (Å²) in [6, 6.07) is 6.06. The summed E-state index contributed by atoms with van der Waals surface area (Å²) in [6.07, 6.45) is 0. The van der Waals surface area contributed by atoms with Gasteiger partial charge in [-0.15, -0.1) is 0 Å². The Kier molecular flexibility index (Phi) is 3.77. The van der Waals surface area contributed by atoms with Crippen LogP contribution in [0.15, 0.2) is 35.4 Å². The molecule has 96 valence electrons. The molecule has 0 bridgehead atoms. The Morgan fingerprint density at radius 3 is 2.44 bits per heavy atom. The molecule has 3 nitrogen and oxygen atoms in total. The molecule has 1 heterocycles. The highest BCUT2D eigenvalue weighted by molar-refractivity contribution is 5.94. The zero-order chi connectivity index (χ0) is 13.1. The van der Waals surface area contributed by atoms with Gasteiger partial charge in [0.15, 0.2) is 0 Å². The summed E-state index contributed by atoms with van der Waals surface area (Å²) in [7, 11) is 0. The number of rotatable bonds is 3. The molecule has 0 aliphatic carbocycles. The Hall–Kier alpha value is -1.68. The second-order valence-corrected chi connectivity index (χ2v) is 4.58. The van der Waals surface area contributed by atoms with Crippen molar-refractivity contribution in [1.82, 2.24) is 10.6 Å². The van der Waals surface area contributed by atoms with Crippen LogP contribution in [0.2, 0.25) is 0 Å². The van der Waals surface area contributed by atoms with Crippen molar-refractivity contribution in [3.8, 4) is 0 Å². The molecule has 4 heteroatoms. The number of hydrogen-bond donors (Lipinski definition) is 2. The van der Waals surface area contributed by atoms with E-state index >= 15 is 0 Å². The van der Waals surface area contributed by atoms with Crippen LogP contribution in [0.3, 0.4) is 0 Å². The van der Waals surface area contributed by atoms with E-state index in [1.54, 1.807) is 12.1 Å². The fraction of sp³-hybridized carbons (Fsp3) is 0.357. The first-order valence-corrected chi connectivity index (χ1v) is 6.03. The van der Waals surface area contributed by atoms with Gasteiger partial charge >= 0.3 is 0 Å². The summed E-state index contributed by atoms with van der Waals surface area (Å²) in [6.45, 7) is 5.32. The lowest BCUT2D eigenvalue weighted by Crippen LogP contribution is -2.38. The molecule has 0 unspecified atom stereocenters. The van der Waals surface area contributed by atoms with Gasteiger partial charge in [0.25, 0.3) is 0 Å². The first kappa shape index (κ1) is 12.8. The van der Waals surface area contributed by atoms with E-state index < -0.39 is 0 Å². The molecule has 1 aromatic carbocycles. The van der Waals surface area contributed by atoms with Crippen LogP contribution in [0.5, 0.6) is 0 Å². The van der Waals surface area contributed by atoms with Gasteiger partial charge in [0.2, 0.25) is 5.91 Å². The lowest BCUT2D eigenvalue weighted by Gasteiger charge is -2.22. The van der Waals surface area contributed by atoms with Gasteiger partial charge < -0.3 is 10.6 Å². The molecule has 2 N–H and O–H groups in total. The fourth-order valence-electron chi connectivity index (χ4n) is 1.82. The molecule has 1 amide bonds. The summed E-state index contributed by atoms with van der Waals surface area (Å²) in [5.74, 6) is -0.320. The van der Waals surface area contributed by atoms with Gasteiger partial charge in [-0.25, -0.2) is 4.39 Å². The fourth-order valence-corrected chi connectivity index (χ4v) is 1.82. The largest absolute Gasteiger partial charge is 0.346 e. The summed E-state index contributed by atoms with van der Waals surface area (Å²) in [4.78, 5) is 12.0. The molecule has 1 aromatic rings. The molecule has 1 fully saturated rings. The Morgan fingerprint density at radius 1 is 1.33 bits per heavy atom. The van der Waals surface area contributed by atoms with Crippen LogP contribution in [0, 0.1) is 5.82 Å². The minimum Gasteiger partial charge on any atom is -0.346 e. The average molecular weight is 248 g/mol. The van der Waals surface area contributed by atoms with Gasteiger partial charge in [-0.1, -0.05) is 12.1 Å². The van der Waals surface area contributed by atoms with Gasteiger partial charge in [0.1, 0.15) is 5.82 Å². The first-order chi connectivity index (χ1) is 8.58. The van der Waals surface area contributed by atoms with E-state index in [-0.39, 0.29) is 17.8 Å². The zero-order valence-electron chi connectivity index (χ0n) is 10.6. The maximum Gasteiger partial charge on any atom is 0.247 e. The van der Waals surface area contributed by atoms with Crippen LogP contribution in [0.1, 0.15) is 25.5 Å². The maximum atomic E-state index is 12.8. The van der Waals surface area contributed by atoms with Crippen LogP contribution in [0.4, 0.5) is 4.39 Å². The van der Waals surface area contributed by atoms with Crippen molar-refractivity contribution in [2.45, 2.75) is 19.9 Å². The van der Waals surface area contributed by atoms with Crippen LogP contribution < -0.4 is 10.6 Å². The number of amides is 1. The van der Waals surface area contributed by atoms with Crippen molar-refractivity contribution in [1.29, 1.82) is 0 Å². The Bertz CT molecular complexity index is 473. The molecule has 18 heavy (non-hydrogen) atoms. The quantitative estimate of drug-likeness (QED) is 0.802. The standard InChI is InChI=1S/C14H17FN2O/c1-9(12-7-16-8-12)14(18)17-10(2)11-3-5-13(15)6-4-11/h3-6,10,16H,7-8H2,1-2H3,(H,17,18)/t10-/m1/s1. The van der Waals surface area contributed by atoms with Crippen LogP contribution in [0.25, 0.3) is 0 Å². The second-order valence-electron chi connectivity index (χ2n) is 4.58. The van der Waals surface area contributed by atoms with Gasteiger partial charge in [-0.3, -0.25) is 4.79 Å². The van der Waals surface area contributed by atoms with Crippen LogP contribution >= 0.6 is 0 Å². The molecule has 0 saturated carbocycles. The average Bonchev–Trinajstić information content (AvgIpc) is 2.27.